The molecule has 2 aromatic carbocycles. The van der Waals surface area contributed by atoms with Crippen molar-refractivity contribution < 1.29 is 8.60 Å². The van der Waals surface area contributed by atoms with Gasteiger partial charge in [0.2, 0.25) is 0 Å². The summed E-state index contributed by atoms with van der Waals surface area (Å²) in [4.78, 5) is 0. The number of halogens is 2. The highest BCUT2D eigenvalue weighted by atomic mass is 35.5. The van der Waals surface area contributed by atoms with Gasteiger partial charge in [0, 0.05) is 40.1 Å². The van der Waals surface area contributed by atoms with Gasteiger partial charge in [-0.1, -0.05) is 17.7 Å². The molecule has 0 saturated heterocycles. The summed E-state index contributed by atoms with van der Waals surface area (Å²) in [6, 6.07) is 10.3. The third kappa shape index (κ3) is 4.55. The Morgan fingerprint density at radius 1 is 1.19 bits per heavy atom. The number of hydrogen-bond acceptors (Lipinski definition) is 2. The Morgan fingerprint density at radius 2 is 1.95 bits per heavy atom. The van der Waals surface area contributed by atoms with Crippen molar-refractivity contribution in [3.63, 3.8) is 0 Å². The molecule has 0 unspecified atom stereocenters. The minimum absolute atomic E-state index is 0.240. The zero-order valence-corrected chi connectivity index (χ0v) is 13.5. The molecule has 0 aromatic heterocycles. The van der Waals surface area contributed by atoms with Crippen LogP contribution in [-0.2, 0) is 23.1 Å². The summed E-state index contributed by atoms with van der Waals surface area (Å²) in [5.74, 6) is 0.184. The molecule has 0 saturated carbocycles. The molecule has 0 aliphatic rings. The van der Waals surface area contributed by atoms with Crippen LogP contribution in [0.4, 0.5) is 10.1 Å². The van der Waals surface area contributed by atoms with Gasteiger partial charge in [0.05, 0.1) is 0 Å². The first-order chi connectivity index (χ1) is 9.95. The second-order valence-corrected chi connectivity index (χ2v) is 6.79. The third-order valence-electron chi connectivity index (χ3n) is 3.20. The van der Waals surface area contributed by atoms with Gasteiger partial charge in [-0.15, -0.1) is 0 Å². The molecule has 5 heteroatoms. The van der Waals surface area contributed by atoms with Gasteiger partial charge in [0.15, 0.2) is 0 Å². The quantitative estimate of drug-likeness (QED) is 0.889. The van der Waals surface area contributed by atoms with Crippen molar-refractivity contribution in [2.24, 2.45) is 0 Å². The lowest BCUT2D eigenvalue weighted by Gasteiger charge is -2.11. The van der Waals surface area contributed by atoms with E-state index < -0.39 is 10.8 Å². The first-order valence-electron chi connectivity index (χ1n) is 6.53. The van der Waals surface area contributed by atoms with Crippen molar-refractivity contribution in [1.29, 1.82) is 0 Å². The van der Waals surface area contributed by atoms with E-state index in [4.69, 9.17) is 11.6 Å². The highest BCUT2D eigenvalue weighted by Crippen LogP contribution is 2.22. The lowest BCUT2D eigenvalue weighted by atomic mass is 10.1. The van der Waals surface area contributed by atoms with Crippen molar-refractivity contribution in [2.45, 2.75) is 19.2 Å². The van der Waals surface area contributed by atoms with Crippen LogP contribution < -0.4 is 5.32 Å². The molecule has 0 amide bonds. The second kappa shape index (κ2) is 7.05. The minimum Gasteiger partial charge on any atom is -0.381 e. The van der Waals surface area contributed by atoms with E-state index in [1.165, 1.54) is 12.1 Å². The molecule has 2 rings (SSSR count). The minimum atomic E-state index is -0.944. The highest BCUT2D eigenvalue weighted by Gasteiger charge is 2.05. The number of rotatable bonds is 5. The maximum atomic E-state index is 13.3. The van der Waals surface area contributed by atoms with Crippen LogP contribution in [0.15, 0.2) is 36.4 Å². The maximum Gasteiger partial charge on any atom is 0.123 e. The summed E-state index contributed by atoms with van der Waals surface area (Å²) < 4.78 is 24.6. The van der Waals surface area contributed by atoms with Crippen LogP contribution >= 0.6 is 11.6 Å². The number of benzene rings is 2. The van der Waals surface area contributed by atoms with Crippen LogP contribution in [0, 0.1) is 12.7 Å². The van der Waals surface area contributed by atoms with Gasteiger partial charge in [0.25, 0.3) is 0 Å². The van der Waals surface area contributed by atoms with E-state index >= 15 is 0 Å². The molecule has 0 aliphatic carbocycles. The van der Waals surface area contributed by atoms with E-state index in [1.54, 1.807) is 18.4 Å². The highest BCUT2D eigenvalue weighted by molar-refractivity contribution is 7.83. The van der Waals surface area contributed by atoms with Crippen molar-refractivity contribution in [3.8, 4) is 0 Å². The summed E-state index contributed by atoms with van der Waals surface area (Å²) in [5, 5.41) is 3.85. The molecule has 0 bridgehead atoms. The van der Waals surface area contributed by atoms with Gasteiger partial charge >= 0.3 is 0 Å². The van der Waals surface area contributed by atoms with Crippen LogP contribution in [-0.4, -0.2) is 10.5 Å². The van der Waals surface area contributed by atoms with Crippen LogP contribution in [0.2, 0.25) is 5.02 Å². The fourth-order valence-corrected chi connectivity index (χ4v) is 2.98. The molecule has 0 fully saturated rings. The second-order valence-electron chi connectivity index (χ2n) is 4.95. The topological polar surface area (TPSA) is 29.1 Å². The molecular formula is C16H17ClFNOS. The first kappa shape index (κ1) is 16.0. The molecule has 2 nitrogen and oxygen atoms in total. The number of nitrogens with one attached hydrogen (secondary N) is 1. The fourth-order valence-electron chi connectivity index (χ4n) is 2.04. The number of anilines is 1. The Labute approximate surface area is 131 Å². The SMILES string of the molecule is Cc1ccc(F)cc1CNc1ccc(Cl)c(C[S@](C)=O)c1. The van der Waals surface area contributed by atoms with E-state index in [0.717, 1.165) is 22.4 Å². The monoisotopic (exact) mass is 325 g/mol. The van der Waals surface area contributed by atoms with Crippen molar-refractivity contribution >= 4 is 28.1 Å². The van der Waals surface area contributed by atoms with Crippen molar-refractivity contribution in [1.82, 2.24) is 0 Å². The molecule has 0 radical (unpaired) electrons. The molecule has 0 heterocycles. The van der Waals surface area contributed by atoms with Gasteiger partial charge in [-0.3, -0.25) is 4.21 Å². The zero-order chi connectivity index (χ0) is 15.4. The molecule has 21 heavy (non-hydrogen) atoms. The van der Waals surface area contributed by atoms with E-state index in [9.17, 15) is 8.60 Å². The first-order valence-corrected chi connectivity index (χ1v) is 8.63. The Bertz CT molecular complexity index is 675. The average molecular weight is 326 g/mol. The maximum absolute atomic E-state index is 13.3. The fraction of sp³-hybridized carbons (Fsp3) is 0.250. The summed E-state index contributed by atoms with van der Waals surface area (Å²) in [7, 11) is -0.944. The predicted octanol–water partition coefficient (Wildman–Crippen LogP) is 4.28. The molecule has 0 aliphatic heterocycles. The lowest BCUT2D eigenvalue weighted by Crippen LogP contribution is -2.03. The number of aryl methyl sites for hydroxylation is 1. The predicted molar refractivity (Wildman–Crippen MR) is 87.7 cm³/mol. The summed E-state index contributed by atoms with van der Waals surface area (Å²) in [5.41, 5.74) is 3.67. The lowest BCUT2D eigenvalue weighted by molar-refractivity contribution is 0.625. The Kier molecular flexibility index (Phi) is 5.37. The molecule has 0 spiro atoms. The smallest absolute Gasteiger partial charge is 0.123 e. The average Bonchev–Trinajstić information content (AvgIpc) is 2.42. The van der Waals surface area contributed by atoms with Gasteiger partial charge < -0.3 is 5.32 Å². The van der Waals surface area contributed by atoms with Gasteiger partial charge in [0.1, 0.15) is 5.82 Å². The molecule has 1 atom stereocenters. The number of hydrogen-bond donors (Lipinski definition) is 1. The van der Waals surface area contributed by atoms with Crippen LogP contribution in [0.3, 0.4) is 0 Å². The molecule has 1 N–H and O–H groups in total. The summed E-state index contributed by atoms with van der Waals surface area (Å²) in [6.07, 6.45) is 1.65. The largest absolute Gasteiger partial charge is 0.381 e. The van der Waals surface area contributed by atoms with Crippen LogP contribution in [0.25, 0.3) is 0 Å². The summed E-state index contributed by atoms with van der Waals surface area (Å²) in [6.45, 7) is 2.48. The van der Waals surface area contributed by atoms with E-state index in [0.29, 0.717) is 17.3 Å². The van der Waals surface area contributed by atoms with Gasteiger partial charge in [-0.05, 0) is 53.9 Å². The summed E-state index contributed by atoms with van der Waals surface area (Å²) >= 11 is 6.09. The normalized spacial score (nSPS) is 12.2. The third-order valence-corrected chi connectivity index (χ3v) is 4.28. The van der Waals surface area contributed by atoms with E-state index in [2.05, 4.69) is 5.32 Å². The van der Waals surface area contributed by atoms with Crippen molar-refractivity contribution in [2.75, 3.05) is 11.6 Å². The van der Waals surface area contributed by atoms with Crippen molar-refractivity contribution in [3.05, 3.63) is 63.9 Å². The molecule has 2 aromatic rings. The van der Waals surface area contributed by atoms with Crippen LogP contribution in [0.5, 0.6) is 0 Å². The standard InChI is InChI=1S/C16H17ClFNOS/c1-11-3-4-14(18)7-12(11)9-19-15-5-6-16(17)13(8-15)10-21(2)20/h3-8,19H,9-10H2,1-2H3/t21-/m0/s1. The Hall–Kier alpha value is -1.39. The zero-order valence-electron chi connectivity index (χ0n) is 12.0. The Morgan fingerprint density at radius 3 is 2.67 bits per heavy atom. The van der Waals surface area contributed by atoms with Gasteiger partial charge in [-0.25, -0.2) is 4.39 Å². The Balaban J connectivity index is 2.13. The van der Waals surface area contributed by atoms with E-state index in [1.807, 2.05) is 19.1 Å². The van der Waals surface area contributed by atoms with Gasteiger partial charge in [-0.2, -0.15) is 0 Å². The van der Waals surface area contributed by atoms with E-state index in [-0.39, 0.29) is 5.82 Å². The van der Waals surface area contributed by atoms with Crippen LogP contribution in [0.1, 0.15) is 16.7 Å². The molecule has 112 valence electrons. The molecular weight excluding hydrogens is 309 g/mol.